The molecule has 0 bridgehead atoms. The van der Waals surface area contributed by atoms with E-state index in [9.17, 15) is 0 Å². The Balaban J connectivity index is 3.79. The van der Waals surface area contributed by atoms with Gasteiger partial charge >= 0.3 is 0 Å². The van der Waals surface area contributed by atoms with Gasteiger partial charge in [-0.1, -0.05) is 37.6 Å². The highest BCUT2D eigenvalue weighted by atomic mass is 14.2. The SMILES string of the molecule is CCC(=C/C=C\CC#N)CC. The molecule has 0 spiro atoms. The van der Waals surface area contributed by atoms with Crippen molar-refractivity contribution in [1.82, 2.24) is 0 Å². The molecule has 0 aliphatic heterocycles. The Bertz CT molecular complexity index is 176. The van der Waals surface area contributed by atoms with E-state index in [2.05, 4.69) is 26.0 Å². The summed E-state index contributed by atoms with van der Waals surface area (Å²) < 4.78 is 0. The van der Waals surface area contributed by atoms with Gasteiger partial charge in [0.1, 0.15) is 0 Å². The van der Waals surface area contributed by atoms with Crippen LogP contribution in [0.2, 0.25) is 0 Å². The van der Waals surface area contributed by atoms with Gasteiger partial charge in [0.2, 0.25) is 0 Å². The van der Waals surface area contributed by atoms with Gasteiger partial charge in [-0.3, -0.25) is 0 Å². The van der Waals surface area contributed by atoms with Crippen LogP contribution in [-0.4, -0.2) is 0 Å². The Morgan fingerprint density at radius 1 is 1.36 bits per heavy atom. The molecule has 0 aliphatic rings. The molecule has 0 amide bonds. The minimum atomic E-state index is 0.511. The van der Waals surface area contributed by atoms with E-state index in [1.54, 1.807) is 0 Å². The first-order valence-electron chi connectivity index (χ1n) is 4.06. The Hall–Kier alpha value is -1.03. The predicted octanol–water partition coefficient (Wildman–Crippen LogP) is 3.20. The highest BCUT2D eigenvalue weighted by molar-refractivity contribution is 5.12. The molecule has 0 radical (unpaired) electrons. The van der Waals surface area contributed by atoms with E-state index in [0.717, 1.165) is 12.8 Å². The van der Waals surface area contributed by atoms with Crippen LogP contribution in [0, 0.1) is 11.3 Å². The topological polar surface area (TPSA) is 23.8 Å². The maximum atomic E-state index is 8.22. The van der Waals surface area contributed by atoms with Gasteiger partial charge < -0.3 is 0 Å². The molecule has 0 heterocycles. The first-order valence-corrected chi connectivity index (χ1v) is 4.06. The average molecular weight is 149 g/mol. The molecule has 11 heavy (non-hydrogen) atoms. The fraction of sp³-hybridized carbons (Fsp3) is 0.500. The summed E-state index contributed by atoms with van der Waals surface area (Å²) in [5, 5.41) is 8.22. The minimum Gasteiger partial charge on any atom is -0.198 e. The van der Waals surface area contributed by atoms with Crippen LogP contribution in [0.25, 0.3) is 0 Å². The lowest BCUT2D eigenvalue weighted by atomic mass is 10.1. The first-order chi connectivity index (χ1) is 5.35. The molecule has 0 N–H and O–H groups in total. The molecule has 0 atom stereocenters. The molecule has 0 aromatic carbocycles. The number of allylic oxidation sites excluding steroid dienone is 4. The van der Waals surface area contributed by atoms with Gasteiger partial charge in [-0.05, 0) is 12.8 Å². The summed E-state index contributed by atoms with van der Waals surface area (Å²) >= 11 is 0. The molecule has 0 unspecified atom stereocenters. The molecular formula is C10H15N. The number of nitrogens with zero attached hydrogens (tertiary/aromatic N) is 1. The molecule has 60 valence electrons. The summed E-state index contributed by atoms with van der Waals surface area (Å²) in [6, 6.07) is 2.06. The second-order valence-corrected chi connectivity index (χ2v) is 2.32. The average Bonchev–Trinajstić information content (AvgIpc) is 2.05. The molecule has 0 saturated heterocycles. The quantitative estimate of drug-likeness (QED) is 0.563. The highest BCUT2D eigenvalue weighted by Crippen LogP contribution is 2.04. The lowest BCUT2D eigenvalue weighted by molar-refractivity contribution is 0.978. The van der Waals surface area contributed by atoms with Crippen molar-refractivity contribution in [2.24, 2.45) is 0 Å². The Kier molecular flexibility index (Phi) is 6.42. The van der Waals surface area contributed by atoms with Gasteiger partial charge in [-0.25, -0.2) is 0 Å². The van der Waals surface area contributed by atoms with E-state index < -0.39 is 0 Å². The highest BCUT2D eigenvalue weighted by Gasteiger charge is 1.84. The summed E-state index contributed by atoms with van der Waals surface area (Å²) in [5.41, 5.74) is 1.43. The molecule has 0 rings (SSSR count). The van der Waals surface area contributed by atoms with Crippen molar-refractivity contribution in [1.29, 1.82) is 5.26 Å². The van der Waals surface area contributed by atoms with Crippen molar-refractivity contribution in [2.45, 2.75) is 33.1 Å². The molecule has 0 aromatic rings. The van der Waals surface area contributed by atoms with Gasteiger partial charge in [-0.2, -0.15) is 5.26 Å². The summed E-state index contributed by atoms with van der Waals surface area (Å²) in [7, 11) is 0. The van der Waals surface area contributed by atoms with Crippen molar-refractivity contribution >= 4 is 0 Å². The summed E-state index contributed by atoms with van der Waals surface area (Å²) in [6.45, 7) is 4.29. The number of hydrogen-bond acceptors (Lipinski definition) is 1. The van der Waals surface area contributed by atoms with Gasteiger partial charge in [0.15, 0.2) is 0 Å². The predicted molar refractivity (Wildman–Crippen MR) is 48.0 cm³/mol. The second-order valence-electron chi connectivity index (χ2n) is 2.32. The lowest BCUT2D eigenvalue weighted by Crippen LogP contribution is -1.74. The zero-order valence-corrected chi connectivity index (χ0v) is 7.30. The number of rotatable bonds is 4. The van der Waals surface area contributed by atoms with Crippen LogP contribution >= 0.6 is 0 Å². The van der Waals surface area contributed by atoms with Crippen LogP contribution in [0.3, 0.4) is 0 Å². The smallest absolute Gasteiger partial charge is 0.0663 e. The van der Waals surface area contributed by atoms with Crippen LogP contribution in [0.1, 0.15) is 33.1 Å². The Morgan fingerprint density at radius 3 is 2.45 bits per heavy atom. The Morgan fingerprint density at radius 2 is 2.00 bits per heavy atom. The van der Waals surface area contributed by atoms with Crippen LogP contribution < -0.4 is 0 Å². The van der Waals surface area contributed by atoms with Crippen molar-refractivity contribution in [3.05, 3.63) is 23.8 Å². The lowest BCUT2D eigenvalue weighted by Gasteiger charge is -1.94. The number of nitriles is 1. The molecule has 0 fully saturated rings. The molecular weight excluding hydrogens is 134 g/mol. The maximum Gasteiger partial charge on any atom is 0.0663 e. The standard InChI is InChI=1S/C10H15N/c1-3-10(4-2)8-6-5-7-9-11/h5-6,8H,3-4,7H2,1-2H3/b6-5-. The van der Waals surface area contributed by atoms with Gasteiger partial charge in [0.05, 0.1) is 12.5 Å². The molecule has 0 aliphatic carbocycles. The van der Waals surface area contributed by atoms with E-state index in [4.69, 9.17) is 5.26 Å². The largest absolute Gasteiger partial charge is 0.198 e. The van der Waals surface area contributed by atoms with Crippen LogP contribution in [-0.2, 0) is 0 Å². The first kappa shape index (κ1) is 9.97. The molecule has 0 aromatic heterocycles. The summed E-state index contributed by atoms with van der Waals surface area (Å²) in [5.74, 6) is 0. The Labute approximate surface area is 69.0 Å². The van der Waals surface area contributed by atoms with Crippen molar-refractivity contribution in [3.63, 3.8) is 0 Å². The van der Waals surface area contributed by atoms with Crippen LogP contribution in [0.15, 0.2) is 23.8 Å². The summed E-state index contributed by atoms with van der Waals surface area (Å²) in [4.78, 5) is 0. The molecule has 1 heteroatoms. The number of hydrogen-bond donors (Lipinski definition) is 0. The van der Waals surface area contributed by atoms with Crippen molar-refractivity contribution < 1.29 is 0 Å². The van der Waals surface area contributed by atoms with Crippen LogP contribution in [0.4, 0.5) is 0 Å². The third kappa shape index (κ3) is 5.42. The van der Waals surface area contributed by atoms with E-state index in [1.807, 2.05) is 12.2 Å². The molecule has 0 saturated carbocycles. The van der Waals surface area contributed by atoms with Crippen LogP contribution in [0.5, 0.6) is 0 Å². The van der Waals surface area contributed by atoms with Crippen molar-refractivity contribution in [3.8, 4) is 6.07 Å². The fourth-order valence-corrected chi connectivity index (χ4v) is 0.811. The second kappa shape index (κ2) is 7.08. The fourth-order valence-electron chi connectivity index (χ4n) is 0.811. The third-order valence-electron chi connectivity index (χ3n) is 1.59. The van der Waals surface area contributed by atoms with Gasteiger partial charge in [0, 0.05) is 0 Å². The van der Waals surface area contributed by atoms with Crippen molar-refractivity contribution in [2.75, 3.05) is 0 Å². The maximum absolute atomic E-state index is 8.22. The monoisotopic (exact) mass is 149 g/mol. The summed E-state index contributed by atoms with van der Waals surface area (Å²) in [6.07, 6.45) is 8.66. The van der Waals surface area contributed by atoms with Gasteiger partial charge in [0.25, 0.3) is 0 Å². The van der Waals surface area contributed by atoms with E-state index in [1.165, 1.54) is 5.57 Å². The minimum absolute atomic E-state index is 0.511. The molecule has 1 nitrogen and oxygen atoms in total. The third-order valence-corrected chi connectivity index (χ3v) is 1.59. The normalized spacial score (nSPS) is 9.55. The van der Waals surface area contributed by atoms with E-state index in [-0.39, 0.29) is 0 Å². The zero-order valence-electron chi connectivity index (χ0n) is 7.30. The van der Waals surface area contributed by atoms with E-state index >= 15 is 0 Å². The van der Waals surface area contributed by atoms with Gasteiger partial charge in [-0.15, -0.1) is 0 Å². The zero-order chi connectivity index (χ0) is 8.53. The van der Waals surface area contributed by atoms with E-state index in [0.29, 0.717) is 6.42 Å².